The molecule has 10 nitrogen and oxygen atoms in total. The average molecular weight is 414 g/mol. The molecule has 158 valence electrons. The van der Waals surface area contributed by atoms with Crippen molar-refractivity contribution in [2.75, 3.05) is 6.61 Å². The standard InChI is InChI=1S/C20H22N4O6/c1-10-7-12(11-3-2-4-13(8-11)19-21-23-24-22-19)5-6-14(10)29-20-18(28)17(27)16(26)15(9-25)30-20/h2-8,15-18,20,25-28H,9H2,1H3,(H,21,22,23,24)/t15-,16-,17+,18+,20+/m1/s1. The molecule has 1 fully saturated rings. The third kappa shape index (κ3) is 3.91. The number of H-pyrrole nitrogens is 1. The Balaban J connectivity index is 1.55. The number of ether oxygens (including phenoxy) is 2. The number of aromatic amines is 1. The molecule has 0 bridgehead atoms. The van der Waals surface area contributed by atoms with Crippen LogP contribution < -0.4 is 4.74 Å². The molecule has 1 aromatic heterocycles. The van der Waals surface area contributed by atoms with Crippen molar-refractivity contribution < 1.29 is 29.9 Å². The Hall–Kier alpha value is -2.89. The third-order valence-corrected chi connectivity index (χ3v) is 5.07. The zero-order valence-electron chi connectivity index (χ0n) is 16.1. The van der Waals surface area contributed by atoms with Crippen LogP contribution in [-0.2, 0) is 4.74 Å². The molecule has 4 rings (SSSR count). The van der Waals surface area contributed by atoms with Crippen molar-refractivity contribution in [3.05, 3.63) is 48.0 Å². The summed E-state index contributed by atoms with van der Waals surface area (Å²) in [4.78, 5) is 0. The number of nitrogens with zero attached hydrogens (tertiary/aromatic N) is 3. The highest BCUT2D eigenvalue weighted by molar-refractivity contribution is 5.71. The molecule has 0 spiro atoms. The third-order valence-electron chi connectivity index (χ3n) is 5.07. The van der Waals surface area contributed by atoms with E-state index in [1.165, 1.54) is 0 Å². The lowest BCUT2D eigenvalue weighted by atomic mass is 9.99. The van der Waals surface area contributed by atoms with Gasteiger partial charge >= 0.3 is 0 Å². The van der Waals surface area contributed by atoms with Gasteiger partial charge in [-0.3, -0.25) is 0 Å². The number of benzene rings is 2. The van der Waals surface area contributed by atoms with E-state index >= 15 is 0 Å². The van der Waals surface area contributed by atoms with Crippen LogP contribution in [0.5, 0.6) is 5.75 Å². The number of tetrazole rings is 1. The van der Waals surface area contributed by atoms with Crippen molar-refractivity contribution in [3.63, 3.8) is 0 Å². The molecule has 5 N–H and O–H groups in total. The Bertz CT molecular complexity index is 997. The molecule has 0 unspecified atom stereocenters. The van der Waals surface area contributed by atoms with E-state index in [0.29, 0.717) is 11.6 Å². The first-order valence-corrected chi connectivity index (χ1v) is 9.40. The summed E-state index contributed by atoms with van der Waals surface area (Å²) < 4.78 is 11.1. The Labute approximate surface area is 171 Å². The summed E-state index contributed by atoms with van der Waals surface area (Å²) in [6.07, 6.45) is -6.64. The smallest absolute Gasteiger partial charge is 0.229 e. The van der Waals surface area contributed by atoms with Gasteiger partial charge in [0.2, 0.25) is 12.1 Å². The SMILES string of the molecule is Cc1cc(-c2cccc(-c3nn[nH]n3)c2)ccc1O[C@H]1O[C@H](CO)[C@@H](O)[C@H](O)[C@@H]1O. The van der Waals surface area contributed by atoms with Gasteiger partial charge in [0.05, 0.1) is 6.61 Å². The lowest BCUT2D eigenvalue weighted by Gasteiger charge is -2.39. The van der Waals surface area contributed by atoms with Gasteiger partial charge in [0, 0.05) is 5.56 Å². The van der Waals surface area contributed by atoms with Gasteiger partial charge in [-0.2, -0.15) is 5.21 Å². The van der Waals surface area contributed by atoms with Crippen LogP contribution in [0.4, 0.5) is 0 Å². The molecule has 10 heteroatoms. The molecule has 1 aliphatic rings. The summed E-state index contributed by atoms with van der Waals surface area (Å²) in [5.74, 6) is 0.938. The van der Waals surface area contributed by atoms with Gasteiger partial charge in [-0.25, -0.2) is 0 Å². The molecule has 2 heterocycles. The fourth-order valence-electron chi connectivity index (χ4n) is 3.37. The van der Waals surface area contributed by atoms with E-state index in [4.69, 9.17) is 9.47 Å². The topological polar surface area (TPSA) is 154 Å². The molecule has 0 saturated carbocycles. The monoisotopic (exact) mass is 414 g/mol. The van der Waals surface area contributed by atoms with E-state index in [0.717, 1.165) is 22.3 Å². The lowest BCUT2D eigenvalue weighted by molar-refractivity contribution is -0.277. The van der Waals surface area contributed by atoms with Crippen molar-refractivity contribution in [2.45, 2.75) is 37.6 Å². The number of aryl methyl sites for hydroxylation is 1. The Kier molecular flexibility index (Phi) is 5.75. The van der Waals surface area contributed by atoms with Crippen LogP contribution in [0.2, 0.25) is 0 Å². The zero-order chi connectivity index (χ0) is 21.3. The van der Waals surface area contributed by atoms with Crippen LogP contribution in [0.15, 0.2) is 42.5 Å². The maximum absolute atomic E-state index is 10.2. The molecular formula is C20H22N4O6. The Morgan fingerprint density at radius 1 is 1.00 bits per heavy atom. The molecule has 30 heavy (non-hydrogen) atoms. The molecular weight excluding hydrogens is 392 g/mol. The zero-order valence-corrected chi connectivity index (χ0v) is 16.1. The second-order valence-electron chi connectivity index (χ2n) is 7.11. The van der Waals surface area contributed by atoms with E-state index in [2.05, 4.69) is 20.6 Å². The van der Waals surface area contributed by atoms with E-state index in [1.54, 1.807) is 6.07 Å². The summed E-state index contributed by atoms with van der Waals surface area (Å²) in [5.41, 5.74) is 3.47. The van der Waals surface area contributed by atoms with E-state index in [9.17, 15) is 20.4 Å². The van der Waals surface area contributed by atoms with Gasteiger partial charge < -0.3 is 29.9 Å². The minimum Gasteiger partial charge on any atom is -0.462 e. The van der Waals surface area contributed by atoms with Gasteiger partial charge in [0.25, 0.3) is 0 Å². The summed E-state index contributed by atoms with van der Waals surface area (Å²) in [7, 11) is 0. The number of aromatic nitrogens is 4. The molecule has 5 atom stereocenters. The van der Waals surface area contributed by atoms with Gasteiger partial charge in [-0.15, -0.1) is 10.2 Å². The normalized spacial score (nSPS) is 26.5. The maximum Gasteiger partial charge on any atom is 0.229 e. The number of rotatable bonds is 5. The molecule has 2 aromatic carbocycles. The minimum atomic E-state index is -1.49. The first kappa shape index (κ1) is 20.4. The number of aliphatic hydroxyl groups excluding tert-OH is 4. The highest BCUT2D eigenvalue weighted by Gasteiger charge is 2.44. The van der Waals surface area contributed by atoms with Crippen molar-refractivity contribution in [3.8, 4) is 28.3 Å². The second kappa shape index (κ2) is 8.46. The fraction of sp³-hybridized carbons (Fsp3) is 0.350. The number of hydrogen-bond donors (Lipinski definition) is 5. The molecule has 0 amide bonds. The first-order chi connectivity index (χ1) is 14.5. The van der Waals surface area contributed by atoms with Crippen LogP contribution in [-0.4, -0.2) is 78.4 Å². The van der Waals surface area contributed by atoms with Crippen molar-refractivity contribution in [1.29, 1.82) is 0 Å². The van der Waals surface area contributed by atoms with Crippen LogP contribution in [0.25, 0.3) is 22.5 Å². The Morgan fingerprint density at radius 2 is 1.77 bits per heavy atom. The van der Waals surface area contributed by atoms with Crippen LogP contribution in [0.1, 0.15) is 5.56 Å². The predicted octanol–water partition coefficient (Wildman–Crippen LogP) is 0.0208. The van der Waals surface area contributed by atoms with Crippen LogP contribution in [0, 0.1) is 6.92 Å². The van der Waals surface area contributed by atoms with Crippen molar-refractivity contribution in [2.24, 2.45) is 0 Å². The van der Waals surface area contributed by atoms with Crippen LogP contribution >= 0.6 is 0 Å². The summed E-state index contributed by atoms with van der Waals surface area (Å²) >= 11 is 0. The predicted molar refractivity (Wildman–Crippen MR) is 104 cm³/mol. The van der Waals surface area contributed by atoms with E-state index in [-0.39, 0.29) is 0 Å². The molecule has 1 saturated heterocycles. The molecule has 3 aromatic rings. The van der Waals surface area contributed by atoms with Crippen molar-refractivity contribution in [1.82, 2.24) is 20.6 Å². The molecule has 0 aliphatic carbocycles. The van der Waals surface area contributed by atoms with E-state index in [1.807, 2.05) is 43.3 Å². The quantitative estimate of drug-likeness (QED) is 0.389. The highest BCUT2D eigenvalue weighted by Crippen LogP contribution is 2.31. The van der Waals surface area contributed by atoms with Gasteiger partial charge in [0.1, 0.15) is 30.2 Å². The van der Waals surface area contributed by atoms with Crippen LogP contribution in [0.3, 0.4) is 0 Å². The number of hydrogen-bond acceptors (Lipinski definition) is 9. The lowest BCUT2D eigenvalue weighted by Crippen LogP contribution is -2.60. The highest BCUT2D eigenvalue weighted by atomic mass is 16.7. The van der Waals surface area contributed by atoms with Gasteiger partial charge in [-0.05, 0) is 47.0 Å². The van der Waals surface area contributed by atoms with Crippen molar-refractivity contribution >= 4 is 0 Å². The fourth-order valence-corrected chi connectivity index (χ4v) is 3.37. The first-order valence-electron chi connectivity index (χ1n) is 9.40. The Morgan fingerprint density at radius 3 is 2.47 bits per heavy atom. The largest absolute Gasteiger partial charge is 0.462 e. The van der Waals surface area contributed by atoms with E-state index < -0.39 is 37.3 Å². The summed E-state index contributed by atoms with van der Waals surface area (Å²) in [6.45, 7) is 1.32. The van der Waals surface area contributed by atoms with Gasteiger partial charge in [-0.1, -0.05) is 24.3 Å². The second-order valence-corrected chi connectivity index (χ2v) is 7.11. The van der Waals surface area contributed by atoms with Gasteiger partial charge in [0.15, 0.2) is 0 Å². The minimum absolute atomic E-state index is 0.442. The molecule has 1 aliphatic heterocycles. The average Bonchev–Trinajstić information content (AvgIpc) is 3.30. The number of aliphatic hydroxyl groups is 4. The maximum atomic E-state index is 10.2. The molecule has 0 radical (unpaired) electrons. The number of nitrogens with one attached hydrogen (secondary N) is 1. The summed E-state index contributed by atoms with van der Waals surface area (Å²) in [6, 6.07) is 13.2. The summed E-state index contributed by atoms with van der Waals surface area (Å²) in [5, 5.41) is 53.3.